The molecule has 0 aliphatic heterocycles. The zero-order valence-electron chi connectivity index (χ0n) is 12.9. The summed E-state index contributed by atoms with van der Waals surface area (Å²) in [6, 6.07) is 17.3. The summed E-state index contributed by atoms with van der Waals surface area (Å²) in [6.45, 7) is 0.928. The molecule has 0 unspecified atom stereocenters. The smallest absolute Gasteiger partial charge is 0.265 e. The fourth-order valence-corrected chi connectivity index (χ4v) is 2.55. The van der Waals surface area contributed by atoms with Gasteiger partial charge in [0.05, 0.1) is 43.7 Å². The standard InChI is InChI=1S/C18H19N3O/c1-20(2)13-12-17-19-16-11-7-6-10-15(16)18(22)21(17)14-8-4-3-5-9-14/h3-11H,12-13H2,1-2H3/p+1. The molecule has 4 heteroatoms. The minimum atomic E-state index is 0.000515. The van der Waals surface area contributed by atoms with E-state index in [1.165, 1.54) is 4.90 Å². The van der Waals surface area contributed by atoms with Crippen molar-refractivity contribution >= 4 is 10.9 Å². The van der Waals surface area contributed by atoms with Gasteiger partial charge in [-0.2, -0.15) is 0 Å². The van der Waals surface area contributed by atoms with Crippen molar-refractivity contribution in [3.63, 3.8) is 0 Å². The molecule has 1 aromatic heterocycles. The molecule has 4 nitrogen and oxygen atoms in total. The third-order valence-corrected chi connectivity index (χ3v) is 3.71. The molecule has 112 valence electrons. The van der Waals surface area contributed by atoms with E-state index in [1.807, 2.05) is 54.6 Å². The molecule has 1 heterocycles. The minimum absolute atomic E-state index is 0.000515. The van der Waals surface area contributed by atoms with E-state index < -0.39 is 0 Å². The highest BCUT2D eigenvalue weighted by Crippen LogP contribution is 2.12. The van der Waals surface area contributed by atoms with Crippen molar-refractivity contribution < 1.29 is 4.90 Å². The Labute approximate surface area is 129 Å². The van der Waals surface area contributed by atoms with Gasteiger partial charge in [-0.25, -0.2) is 4.98 Å². The lowest BCUT2D eigenvalue weighted by Crippen LogP contribution is -3.06. The number of para-hydroxylation sites is 2. The Balaban J connectivity index is 2.24. The lowest BCUT2D eigenvalue weighted by atomic mass is 10.2. The van der Waals surface area contributed by atoms with Crippen molar-refractivity contribution in [3.05, 3.63) is 70.8 Å². The predicted octanol–water partition coefficient (Wildman–Crippen LogP) is 1.07. The molecule has 22 heavy (non-hydrogen) atoms. The summed E-state index contributed by atoms with van der Waals surface area (Å²) in [5.74, 6) is 0.816. The highest BCUT2D eigenvalue weighted by molar-refractivity contribution is 5.77. The van der Waals surface area contributed by atoms with E-state index in [9.17, 15) is 4.79 Å². The molecule has 0 bridgehead atoms. The second kappa shape index (κ2) is 6.12. The summed E-state index contributed by atoms with van der Waals surface area (Å²) in [5.41, 5.74) is 1.64. The number of fused-ring (bicyclic) bond motifs is 1. The largest absolute Gasteiger partial charge is 0.339 e. The number of aromatic nitrogens is 2. The normalized spacial score (nSPS) is 11.2. The van der Waals surface area contributed by atoms with Crippen molar-refractivity contribution in [2.75, 3.05) is 20.6 Å². The molecule has 0 atom stereocenters. The van der Waals surface area contributed by atoms with Gasteiger partial charge in [-0.3, -0.25) is 9.36 Å². The van der Waals surface area contributed by atoms with Crippen LogP contribution in [0.3, 0.4) is 0 Å². The van der Waals surface area contributed by atoms with Gasteiger partial charge in [0.25, 0.3) is 5.56 Å². The number of hydrogen-bond donors (Lipinski definition) is 1. The van der Waals surface area contributed by atoms with Gasteiger partial charge in [-0.05, 0) is 24.3 Å². The summed E-state index contributed by atoms with van der Waals surface area (Å²) in [4.78, 5) is 19.0. The highest BCUT2D eigenvalue weighted by atomic mass is 16.1. The minimum Gasteiger partial charge on any atom is -0.339 e. The molecule has 2 aromatic carbocycles. The zero-order chi connectivity index (χ0) is 15.5. The molecule has 0 aliphatic carbocycles. The van der Waals surface area contributed by atoms with E-state index in [-0.39, 0.29) is 5.56 Å². The van der Waals surface area contributed by atoms with Gasteiger partial charge in [0, 0.05) is 0 Å². The van der Waals surface area contributed by atoms with E-state index in [2.05, 4.69) is 14.1 Å². The van der Waals surface area contributed by atoms with Crippen molar-refractivity contribution in [1.82, 2.24) is 9.55 Å². The van der Waals surface area contributed by atoms with Gasteiger partial charge in [-0.15, -0.1) is 0 Å². The van der Waals surface area contributed by atoms with Crippen molar-refractivity contribution in [2.24, 2.45) is 0 Å². The Morgan fingerprint density at radius 3 is 2.41 bits per heavy atom. The first-order valence-electron chi connectivity index (χ1n) is 7.52. The lowest BCUT2D eigenvalue weighted by Gasteiger charge is -2.14. The van der Waals surface area contributed by atoms with Crippen molar-refractivity contribution in [1.29, 1.82) is 0 Å². The fourth-order valence-electron chi connectivity index (χ4n) is 2.55. The Hall–Kier alpha value is -2.46. The third kappa shape index (κ3) is 2.78. The molecule has 0 fully saturated rings. The molecule has 0 spiro atoms. The van der Waals surface area contributed by atoms with E-state index in [0.29, 0.717) is 5.39 Å². The van der Waals surface area contributed by atoms with Crippen LogP contribution in [0, 0.1) is 0 Å². The first kappa shape index (κ1) is 14.5. The molecular formula is C18H20N3O+. The van der Waals surface area contributed by atoms with Crippen LogP contribution in [0.1, 0.15) is 5.82 Å². The number of likely N-dealkylation sites (N-methyl/N-ethyl adjacent to an activating group) is 1. The highest BCUT2D eigenvalue weighted by Gasteiger charge is 2.13. The van der Waals surface area contributed by atoms with E-state index in [4.69, 9.17) is 4.98 Å². The van der Waals surface area contributed by atoms with Gasteiger partial charge < -0.3 is 4.90 Å². The summed E-state index contributed by atoms with van der Waals surface area (Å²) in [5, 5.41) is 0.660. The third-order valence-electron chi connectivity index (χ3n) is 3.71. The summed E-state index contributed by atoms with van der Waals surface area (Å²) in [6.07, 6.45) is 0.761. The molecule has 0 saturated carbocycles. The second-order valence-electron chi connectivity index (χ2n) is 5.73. The summed E-state index contributed by atoms with van der Waals surface area (Å²) in [7, 11) is 4.21. The number of hydrogen-bond acceptors (Lipinski definition) is 2. The molecule has 0 amide bonds. The maximum Gasteiger partial charge on any atom is 0.265 e. The maximum absolute atomic E-state index is 12.9. The van der Waals surface area contributed by atoms with Gasteiger partial charge in [0.15, 0.2) is 0 Å². The Morgan fingerprint density at radius 1 is 1.00 bits per heavy atom. The molecule has 0 radical (unpaired) electrons. The van der Waals surface area contributed by atoms with Gasteiger partial charge in [0.1, 0.15) is 5.82 Å². The van der Waals surface area contributed by atoms with E-state index in [0.717, 1.165) is 30.0 Å². The van der Waals surface area contributed by atoms with Gasteiger partial charge in [0.2, 0.25) is 0 Å². The number of nitrogens with one attached hydrogen (secondary N) is 1. The maximum atomic E-state index is 12.9. The van der Waals surface area contributed by atoms with Crippen LogP contribution in [0.4, 0.5) is 0 Å². The van der Waals surface area contributed by atoms with Crippen LogP contribution in [0.25, 0.3) is 16.6 Å². The van der Waals surface area contributed by atoms with Crippen LogP contribution in [0.2, 0.25) is 0 Å². The summed E-state index contributed by atoms with van der Waals surface area (Å²) >= 11 is 0. The van der Waals surface area contributed by atoms with Crippen molar-refractivity contribution in [2.45, 2.75) is 6.42 Å². The number of quaternary nitrogens is 1. The van der Waals surface area contributed by atoms with Crippen molar-refractivity contribution in [3.8, 4) is 5.69 Å². The number of benzene rings is 2. The Morgan fingerprint density at radius 2 is 1.68 bits per heavy atom. The molecule has 0 aliphatic rings. The number of nitrogens with zero attached hydrogens (tertiary/aromatic N) is 2. The first-order chi connectivity index (χ1) is 10.7. The quantitative estimate of drug-likeness (QED) is 0.782. The lowest BCUT2D eigenvalue weighted by molar-refractivity contribution is -0.858. The van der Waals surface area contributed by atoms with Crippen LogP contribution in [-0.2, 0) is 6.42 Å². The Bertz CT molecular complexity index is 838. The van der Waals surface area contributed by atoms with Gasteiger partial charge in [-0.1, -0.05) is 30.3 Å². The molecule has 1 N–H and O–H groups in total. The molecular weight excluding hydrogens is 274 g/mol. The topological polar surface area (TPSA) is 39.3 Å². The SMILES string of the molecule is C[NH+](C)CCc1nc2ccccc2c(=O)n1-c1ccccc1. The second-order valence-corrected chi connectivity index (χ2v) is 5.73. The first-order valence-corrected chi connectivity index (χ1v) is 7.52. The number of rotatable bonds is 4. The zero-order valence-corrected chi connectivity index (χ0v) is 12.9. The predicted molar refractivity (Wildman–Crippen MR) is 88.7 cm³/mol. The van der Waals surface area contributed by atoms with Crippen LogP contribution in [0.5, 0.6) is 0 Å². The molecule has 0 saturated heterocycles. The monoisotopic (exact) mass is 294 g/mol. The van der Waals surface area contributed by atoms with Crippen LogP contribution >= 0.6 is 0 Å². The van der Waals surface area contributed by atoms with E-state index >= 15 is 0 Å². The van der Waals surface area contributed by atoms with Gasteiger partial charge >= 0.3 is 0 Å². The Kier molecular flexibility index (Phi) is 4.02. The fraction of sp³-hybridized carbons (Fsp3) is 0.222. The molecule has 3 rings (SSSR count). The van der Waals surface area contributed by atoms with E-state index in [1.54, 1.807) is 4.57 Å². The molecule has 3 aromatic rings. The average molecular weight is 294 g/mol. The van der Waals surface area contributed by atoms with Crippen LogP contribution < -0.4 is 10.5 Å². The average Bonchev–Trinajstić information content (AvgIpc) is 2.54. The van der Waals surface area contributed by atoms with Crippen LogP contribution in [-0.4, -0.2) is 30.2 Å². The summed E-state index contributed by atoms with van der Waals surface area (Å²) < 4.78 is 1.74. The van der Waals surface area contributed by atoms with Crippen LogP contribution in [0.15, 0.2) is 59.4 Å².